The van der Waals surface area contributed by atoms with Crippen LogP contribution in [0.15, 0.2) is 28.9 Å². The number of aromatic hydroxyl groups is 2. The van der Waals surface area contributed by atoms with Crippen LogP contribution in [0, 0.1) is 5.92 Å². The lowest BCUT2D eigenvalue weighted by Gasteiger charge is -2.32. The summed E-state index contributed by atoms with van der Waals surface area (Å²) in [7, 11) is 0. The number of nitrogens with zero attached hydrogens (tertiary/aromatic N) is 1. The highest BCUT2D eigenvalue weighted by Crippen LogP contribution is 2.46. The minimum atomic E-state index is 0.0910. The molecule has 24 heavy (non-hydrogen) atoms. The van der Waals surface area contributed by atoms with Crippen molar-refractivity contribution in [3.8, 4) is 11.5 Å². The maximum Gasteiger partial charge on any atom is 0.123 e. The Hall–Kier alpha value is -1.59. The summed E-state index contributed by atoms with van der Waals surface area (Å²) < 4.78 is 0.989. The lowest BCUT2D eigenvalue weighted by atomic mass is 9.76. The molecule has 1 aliphatic heterocycles. The molecule has 2 aromatic rings. The number of phenolic OH excluding ortho intramolecular Hbond substituents is 2. The molecule has 1 saturated heterocycles. The van der Waals surface area contributed by atoms with Crippen LogP contribution in [-0.2, 0) is 12.8 Å². The van der Waals surface area contributed by atoms with Crippen molar-refractivity contribution < 1.29 is 10.2 Å². The summed E-state index contributed by atoms with van der Waals surface area (Å²) in [6.45, 7) is 2.00. The Morgan fingerprint density at radius 1 is 1.04 bits per heavy atom. The summed E-state index contributed by atoms with van der Waals surface area (Å²) in [6.07, 6.45) is 5.68. The highest BCUT2D eigenvalue weighted by molar-refractivity contribution is 9.10. The molecule has 4 nitrogen and oxygen atoms in total. The molecule has 126 valence electrons. The minimum absolute atomic E-state index is 0.0910. The number of piperidine rings is 1. The molecule has 1 unspecified atom stereocenters. The van der Waals surface area contributed by atoms with Crippen molar-refractivity contribution in [3.05, 3.63) is 51.3 Å². The lowest BCUT2D eigenvalue weighted by molar-refractivity contribution is 0.331. The van der Waals surface area contributed by atoms with E-state index in [2.05, 4.69) is 27.3 Å². The molecule has 5 heteroatoms. The lowest BCUT2D eigenvalue weighted by Crippen LogP contribution is -2.32. The highest BCUT2D eigenvalue weighted by Gasteiger charge is 2.34. The standard InChI is InChI=1S/C19H21BrN2O2/c20-14-7-13-2-1-12-8-15(23)9-16(24)17(12)18(19(13)22-10-14)11-3-5-21-6-4-11/h7-11,18,21,23-24H,1-6H2. The third kappa shape index (κ3) is 2.80. The summed E-state index contributed by atoms with van der Waals surface area (Å²) in [5, 5.41) is 24.0. The zero-order valence-electron chi connectivity index (χ0n) is 13.4. The molecular formula is C19H21BrN2O2. The summed E-state index contributed by atoms with van der Waals surface area (Å²) in [5.74, 6) is 0.876. The van der Waals surface area contributed by atoms with E-state index in [1.807, 2.05) is 12.3 Å². The van der Waals surface area contributed by atoms with Crippen molar-refractivity contribution in [1.29, 1.82) is 0 Å². The van der Waals surface area contributed by atoms with Gasteiger partial charge in [0, 0.05) is 28.2 Å². The number of aryl methyl sites for hydroxylation is 2. The number of phenols is 2. The molecule has 1 aliphatic carbocycles. The number of hydrogen-bond donors (Lipinski definition) is 3. The Kier molecular flexibility index (Phi) is 4.22. The Morgan fingerprint density at radius 3 is 2.58 bits per heavy atom. The van der Waals surface area contributed by atoms with Crippen molar-refractivity contribution in [3.63, 3.8) is 0 Å². The van der Waals surface area contributed by atoms with Crippen LogP contribution in [0.1, 0.15) is 41.1 Å². The molecule has 1 aromatic heterocycles. The van der Waals surface area contributed by atoms with Gasteiger partial charge in [-0.1, -0.05) is 0 Å². The number of fused-ring (bicyclic) bond motifs is 2. The van der Waals surface area contributed by atoms with Crippen LogP contribution < -0.4 is 5.32 Å². The molecule has 4 rings (SSSR count). The normalized spacial score (nSPS) is 21.0. The molecule has 0 saturated carbocycles. The highest BCUT2D eigenvalue weighted by atomic mass is 79.9. The number of rotatable bonds is 1. The van der Waals surface area contributed by atoms with Gasteiger partial charge in [-0.3, -0.25) is 4.98 Å². The van der Waals surface area contributed by atoms with Crippen molar-refractivity contribution in [2.24, 2.45) is 5.92 Å². The van der Waals surface area contributed by atoms with Crippen molar-refractivity contribution in [1.82, 2.24) is 10.3 Å². The zero-order valence-corrected chi connectivity index (χ0v) is 15.0. The van der Waals surface area contributed by atoms with Gasteiger partial charge in [0.2, 0.25) is 0 Å². The summed E-state index contributed by atoms with van der Waals surface area (Å²) in [6, 6.07) is 5.43. The van der Waals surface area contributed by atoms with Gasteiger partial charge in [0.25, 0.3) is 0 Å². The topological polar surface area (TPSA) is 65.4 Å². The van der Waals surface area contributed by atoms with E-state index in [-0.39, 0.29) is 17.4 Å². The van der Waals surface area contributed by atoms with Gasteiger partial charge in [0.1, 0.15) is 11.5 Å². The predicted molar refractivity (Wildman–Crippen MR) is 96.6 cm³/mol. The Bertz CT molecular complexity index is 772. The van der Waals surface area contributed by atoms with Crippen LogP contribution in [0.3, 0.4) is 0 Å². The van der Waals surface area contributed by atoms with Crippen LogP contribution in [0.25, 0.3) is 0 Å². The fraction of sp³-hybridized carbons (Fsp3) is 0.421. The first kappa shape index (κ1) is 15.9. The molecule has 0 amide bonds. The first-order chi connectivity index (χ1) is 11.6. The van der Waals surface area contributed by atoms with E-state index in [1.54, 1.807) is 0 Å². The van der Waals surface area contributed by atoms with Gasteiger partial charge >= 0.3 is 0 Å². The van der Waals surface area contributed by atoms with Crippen molar-refractivity contribution in [2.75, 3.05) is 13.1 Å². The van der Waals surface area contributed by atoms with Crippen LogP contribution >= 0.6 is 15.9 Å². The fourth-order valence-corrected chi connectivity index (χ4v) is 4.64. The Labute approximate surface area is 150 Å². The van der Waals surface area contributed by atoms with Crippen molar-refractivity contribution in [2.45, 2.75) is 31.6 Å². The zero-order chi connectivity index (χ0) is 16.7. The minimum Gasteiger partial charge on any atom is -0.508 e. The fourth-order valence-electron chi connectivity index (χ4n) is 4.26. The molecule has 1 aromatic carbocycles. The Balaban J connectivity index is 1.91. The van der Waals surface area contributed by atoms with Crippen LogP contribution in [0.5, 0.6) is 11.5 Å². The number of hydrogen-bond acceptors (Lipinski definition) is 4. The first-order valence-electron chi connectivity index (χ1n) is 8.53. The first-order valence-corrected chi connectivity index (χ1v) is 9.32. The second kappa shape index (κ2) is 6.37. The van der Waals surface area contributed by atoms with Gasteiger partial charge in [0.05, 0.1) is 5.69 Å². The quantitative estimate of drug-likeness (QED) is 0.699. The van der Waals surface area contributed by atoms with Crippen molar-refractivity contribution >= 4 is 15.9 Å². The van der Waals surface area contributed by atoms with Gasteiger partial charge in [0.15, 0.2) is 0 Å². The van der Waals surface area contributed by atoms with E-state index in [9.17, 15) is 10.2 Å². The molecular weight excluding hydrogens is 368 g/mol. The van der Waals surface area contributed by atoms with E-state index in [1.165, 1.54) is 11.6 Å². The third-order valence-electron chi connectivity index (χ3n) is 5.32. The maximum absolute atomic E-state index is 10.6. The van der Waals surface area contributed by atoms with E-state index in [0.29, 0.717) is 5.92 Å². The SMILES string of the molecule is Oc1cc(O)c2c(c1)CCc1cc(Br)cnc1C2C1CCNCC1. The number of aromatic nitrogens is 1. The summed E-state index contributed by atoms with van der Waals surface area (Å²) in [5.41, 5.74) is 4.34. The average Bonchev–Trinajstić information content (AvgIpc) is 2.72. The average molecular weight is 389 g/mol. The Morgan fingerprint density at radius 2 is 1.79 bits per heavy atom. The van der Waals surface area contributed by atoms with E-state index in [0.717, 1.165) is 60.1 Å². The van der Waals surface area contributed by atoms with Crippen LogP contribution in [0.2, 0.25) is 0 Å². The molecule has 0 spiro atoms. The van der Waals surface area contributed by atoms with Gasteiger partial charge in [-0.25, -0.2) is 0 Å². The van der Waals surface area contributed by atoms with E-state index >= 15 is 0 Å². The van der Waals surface area contributed by atoms with Crippen LogP contribution in [0.4, 0.5) is 0 Å². The summed E-state index contributed by atoms with van der Waals surface area (Å²) in [4.78, 5) is 4.76. The third-order valence-corrected chi connectivity index (χ3v) is 5.75. The van der Waals surface area contributed by atoms with Gasteiger partial charge < -0.3 is 15.5 Å². The molecule has 0 bridgehead atoms. The van der Waals surface area contributed by atoms with E-state index in [4.69, 9.17) is 4.98 Å². The molecule has 2 aliphatic rings. The molecule has 3 N–H and O–H groups in total. The molecule has 0 radical (unpaired) electrons. The second-order valence-electron chi connectivity index (χ2n) is 6.80. The van der Waals surface area contributed by atoms with Gasteiger partial charge in [-0.2, -0.15) is 0 Å². The molecule has 1 fully saturated rings. The number of benzene rings is 1. The maximum atomic E-state index is 10.6. The smallest absolute Gasteiger partial charge is 0.123 e. The second-order valence-corrected chi connectivity index (χ2v) is 7.72. The largest absolute Gasteiger partial charge is 0.508 e. The number of halogens is 1. The number of pyridine rings is 1. The summed E-state index contributed by atoms with van der Waals surface area (Å²) >= 11 is 3.53. The predicted octanol–water partition coefficient (Wildman–Crippen LogP) is 3.49. The van der Waals surface area contributed by atoms with E-state index < -0.39 is 0 Å². The number of nitrogens with one attached hydrogen (secondary N) is 1. The molecule has 1 atom stereocenters. The van der Waals surface area contributed by atoms with Gasteiger partial charge in [-0.15, -0.1) is 0 Å². The van der Waals surface area contributed by atoms with Gasteiger partial charge in [-0.05, 0) is 83.9 Å². The monoisotopic (exact) mass is 388 g/mol. The molecule has 2 heterocycles. The van der Waals surface area contributed by atoms with Crippen LogP contribution in [-0.4, -0.2) is 28.3 Å².